The maximum absolute atomic E-state index is 14.2. The number of ether oxygens (including phenoxy) is 2. The number of aliphatic hydroxyl groups excluding tert-OH is 1. The minimum Gasteiger partial charge on any atom is -0.376 e. The monoisotopic (exact) mass is 740 g/mol. The molecule has 0 bridgehead atoms. The van der Waals surface area contributed by atoms with E-state index in [9.17, 15) is 24.3 Å². The lowest BCUT2D eigenvalue weighted by Crippen LogP contribution is -2.64. The largest absolute Gasteiger partial charge is 0.376 e. The number of carbonyl (C=O) groups excluding carboxylic acids is 4. The van der Waals surface area contributed by atoms with E-state index in [1.807, 2.05) is 27.7 Å². The van der Waals surface area contributed by atoms with E-state index in [2.05, 4.69) is 28.2 Å². The third-order valence-corrected chi connectivity index (χ3v) is 10.5. The minimum atomic E-state index is -1.42. The molecule has 9 N–H and O–H groups in total. The lowest BCUT2D eigenvalue weighted by Gasteiger charge is -2.36. The Hall–Kier alpha value is -2.36. The molecule has 0 aromatic carbocycles. The van der Waals surface area contributed by atoms with Crippen molar-refractivity contribution in [3.05, 3.63) is 0 Å². The smallest absolute Gasteiger partial charge is 0.243 e. The van der Waals surface area contributed by atoms with Gasteiger partial charge in [-0.3, -0.25) is 24.5 Å². The van der Waals surface area contributed by atoms with E-state index >= 15 is 0 Å². The third kappa shape index (κ3) is 14.8. The Bertz CT molecular complexity index is 1080. The zero-order chi connectivity index (χ0) is 38.8. The van der Waals surface area contributed by atoms with E-state index in [0.29, 0.717) is 32.4 Å². The first kappa shape index (κ1) is 45.8. The number of nitrogens with one attached hydrogen (secondary N) is 4. The van der Waals surface area contributed by atoms with Gasteiger partial charge >= 0.3 is 0 Å². The molecule has 0 aromatic heterocycles. The van der Waals surface area contributed by atoms with Gasteiger partial charge in [-0.15, -0.1) is 0 Å². The summed E-state index contributed by atoms with van der Waals surface area (Å²) in [4.78, 5) is 57.8. The van der Waals surface area contributed by atoms with Gasteiger partial charge in [-0.25, -0.2) is 0 Å². The molecule has 0 radical (unpaired) electrons. The second kappa shape index (κ2) is 24.1. The molecule has 1 saturated carbocycles. The average Bonchev–Trinajstić information content (AvgIpc) is 3.12. The molecule has 2 aliphatic rings. The number of nitrogens with zero attached hydrogens (tertiary/aromatic N) is 1. The van der Waals surface area contributed by atoms with Gasteiger partial charge in [-0.05, 0) is 64.3 Å². The molecule has 0 spiro atoms. The van der Waals surface area contributed by atoms with Gasteiger partial charge in [-0.1, -0.05) is 72.6 Å². The van der Waals surface area contributed by atoms with Gasteiger partial charge in [0, 0.05) is 26.2 Å². The Balaban J connectivity index is 2.57. The predicted molar refractivity (Wildman–Crippen MR) is 203 cm³/mol. The third-order valence-electron chi connectivity index (χ3n) is 10.5. The number of aliphatic hydroxyl groups is 1. The van der Waals surface area contributed by atoms with Gasteiger partial charge in [0.05, 0.1) is 30.8 Å². The highest BCUT2D eigenvalue weighted by molar-refractivity contribution is 5.92. The van der Waals surface area contributed by atoms with Crippen LogP contribution in [-0.4, -0.2) is 116 Å². The molecule has 14 heteroatoms. The van der Waals surface area contributed by atoms with Gasteiger partial charge in [0.25, 0.3) is 0 Å². The summed E-state index contributed by atoms with van der Waals surface area (Å²) in [6, 6.07) is -4.18. The molecule has 1 aliphatic heterocycles. The lowest BCUT2D eigenvalue weighted by molar-refractivity contribution is -0.147. The second-order valence-corrected chi connectivity index (χ2v) is 15.6. The molecule has 9 atom stereocenters. The first-order chi connectivity index (χ1) is 24.7. The molecule has 1 heterocycles. The predicted octanol–water partition coefficient (Wildman–Crippen LogP) is 1.91. The van der Waals surface area contributed by atoms with Crippen LogP contribution in [0.15, 0.2) is 0 Å². The summed E-state index contributed by atoms with van der Waals surface area (Å²) in [5.41, 5.74) is 11.8. The highest BCUT2D eigenvalue weighted by Gasteiger charge is 2.39. The molecular formula is C38H73N7O7. The highest BCUT2D eigenvalue weighted by atomic mass is 16.5. The van der Waals surface area contributed by atoms with Crippen molar-refractivity contribution >= 4 is 23.6 Å². The normalized spacial score (nSPS) is 30.6. The van der Waals surface area contributed by atoms with Gasteiger partial charge < -0.3 is 46.9 Å². The fourth-order valence-corrected chi connectivity index (χ4v) is 7.24. The number of nitrogens with two attached hydrogens (primary N) is 2. The maximum atomic E-state index is 14.2. The molecular weight excluding hydrogens is 666 g/mol. The lowest BCUT2D eigenvalue weighted by atomic mass is 9.83. The summed E-state index contributed by atoms with van der Waals surface area (Å²) in [5, 5.41) is 23.3. The van der Waals surface area contributed by atoms with E-state index in [1.54, 1.807) is 14.0 Å². The average molecular weight is 740 g/mol. The van der Waals surface area contributed by atoms with Crippen molar-refractivity contribution in [2.75, 3.05) is 33.4 Å². The van der Waals surface area contributed by atoms with Gasteiger partial charge in [0.15, 0.2) is 0 Å². The van der Waals surface area contributed by atoms with Crippen molar-refractivity contribution in [1.82, 2.24) is 26.2 Å². The molecule has 302 valence electrons. The topological polar surface area (TPSA) is 210 Å². The van der Waals surface area contributed by atoms with E-state index in [-0.39, 0.29) is 30.9 Å². The van der Waals surface area contributed by atoms with E-state index in [0.717, 1.165) is 57.8 Å². The summed E-state index contributed by atoms with van der Waals surface area (Å²) >= 11 is 0. The molecule has 4 amide bonds. The minimum absolute atomic E-state index is 0.0906. The number of likely N-dealkylation sites (N-methyl/N-ethyl adjacent to an activating group) is 1. The maximum Gasteiger partial charge on any atom is 0.243 e. The highest BCUT2D eigenvalue weighted by Crippen LogP contribution is 2.28. The SMILES string of the molecule is CCCCCC[C@H]1OC[C@@H](C)NC(=O)[C@H]([C@H](C)OCCCN)NC(O)[C@H](CN)NC(=O)[C@H](C2CCCCC2)NC(=O)[C@H](CC(C)C)N(C)C(=O)[C@@H]1C. The molecule has 1 aliphatic carbocycles. The molecule has 14 nitrogen and oxygen atoms in total. The van der Waals surface area contributed by atoms with Gasteiger partial charge in [0.1, 0.15) is 24.4 Å². The van der Waals surface area contributed by atoms with Crippen LogP contribution in [0.5, 0.6) is 0 Å². The quantitative estimate of drug-likeness (QED) is 0.129. The molecule has 1 saturated heterocycles. The Kier molecular flexibility index (Phi) is 21.2. The number of amides is 4. The van der Waals surface area contributed by atoms with E-state index in [1.165, 1.54) is 4.90 Å². The fourth-order valence-electron chi connectivity index (χ4n) is 7.24. The van der Waals surface area contributed by atoms with Crippen LogP contribution in [0.25, 0.3) is 0 Å². The fraction of sp³-hybridized carbons (Fsp3) is 0.895. The Labute approximate surface area is 313 Å². The number of carbonyl (C=O) groups is 4. The second-order valence-electron chi connectivity index (χ2n) is 15.6. The van der Waals surface area contributed by atoms with E-state index < -0.39 is 72.3 Å². The summed E-state index contributed by atoms with van der Waals surface area (Å²) in [5.74, 6) is -2.11. The number of hydrogen-bond acceptors (Lipinski definition) is 10. The Morgan fingerprint density at radius 3 is 2.23 bits per heavy atom. The summed E-state index contributed by atoms with van der Waals surface area (Å²) < 4.78 is 12.3. The molecule has 1 unspecified atom stereocenters. The van der Waals surface area contributed by atoms with Crippen LogP contribution in [0.1, 0.15) is 119 Å². The van der Waals surface area contributed by atoms with Crippen LogP contribution in [-0.2, 0) is 28.7 Å². The van der Waals surface area contributed by atoms with Crippen LogP contribution in [0.4, 0.5) is 0 Å². The van der Waals surface area contributed by atoms with Crippen LogP contribution in [0.3, 0.4) is 0 Å². The first-order valence-electron chi connectivity index (χ1n) is 20.0. The van der Waals surface area contributed by atoms with Crippen molar-refractivity contribution in [2.24, 2.45) is 29.2 Å². The number of unbranched alkanes of at least 4 members (excludes halogenated alkanes) is 3. The van der Waals surface area contributed by atoms with E-state index in [4.69, 9.17) is 20.9 Å². The zero-order valence-corrected chi connectivity index (χ0v) is 33.2. The van der Waals surface area contributed by atoms with Crippen molar-refractivity contribution in [3.63, 3.8) is 0 Å². The summed E-state index contributed by atoms with van der Waals surface area (Å²) in [6.07, 6.45) is 7.53. The van der Waals surface area contributed by atoms with Crippen LogP contribution >= 0.6 is 0 Å². The van der Waals surface area contributed by atoms with Crippen LogP contribution in [0, 0.1) is 17.8 Å². The van der Waals surface area contributed by atoms with Crippen LogP contribution < -0.4 is 32.7 Å². The summed E-state index contributed by atoms with van der Waals surface area (Å²) in [6.45, 7) is 12.3. The first-order valence-corrected chi connectivity index (χ1v) is 20.0. The zero-order valence-electron chi connectivity index (χ0n) is 33.2. The van der Waals surface area contributed by atoms with Crippen molar-refractivity contribution in [2.45, 2.75) is 167 Å². The molecule has 52 heavy (non-hydrogen) atoms. The van der Waals surface area contributed by atoms with Gasteiger partial charge in [0.2, 0.25) is 23.6 Å². The molecule has 2 rings (SSSR count). The Morgan fingerprint density at radius 1 is 0.923 bits per heavy atom. The Morgan fingerprint density at radius 2 is 1.62 bits per heavy atom. The van der Waals surface area contributed by atoms with Crippen LogP contribution in [0.2, 0.25) is 0 Å². The standard InChI is InChI=1S/C38H73N7O7/c1-8-9-10-14-18-31-26(5)38(50)45(7)30(21-24(2)3)35(47)44-33(28-16-12-11-13-17-28)37(49)42-29(22-40)34(46)43-32(27(6)51-20-15-19-39)36(48)41-25(4)23-52-31/h24-34,43,46H,8-23,39-40H2,1-7H3,(H,41,48)(H,42,49)(H,44,47)/t25-,26-,27+,29+,30+,31-,32+,33+,34?/m1/s1. The number of rotatable bonds is 14. The van der Waals surface area contributed by atoms with Crippen molar-refractivity contribution in [1.29, 1.82) is 0 Å². The molecule has 0 aromatic rings. The van der Waals surface area contributed by atoms with Gasteiger partial charge in [-0.2, -0.15) is 0 Å². The molecule has 2 fully saturated rings. The van der Waals surface area contributed by atoms with Crippen molar-refractivity contribution < 1.29 is 33.8 Å². The van der Waals surface area contributed by atoms with Crippen molar-refractivity contribution in [3.8, 4) is 0 Å². The number of hydrogen-bond donors (Lipinski definition) is 7. The summed E-state index contributed by atoms with van der Waals surface area (Å²) in [7, 11) is 1.66.